The predicted molar refractivity (Wildman–Crippen MR) is 115 cm³/mol. The van der Waals surface area contributed by atoms with E-state index < -0.39 is 41.7 Å². The molecule has 0 bridgehead atoms. The summed E-state index contributed by atoms with van der Waals surface area (Å²) in [5.74, 6) is -0.235. The van der Waals surface area contributed by atoms with E-state index in [1.54, 1.807) is 4.68 Å². The highest BCUT2D eigenvalue weighted by atomic mass is 19.4. The summed E-state index contributed by atoms with van der Waals surface area (Å²) in [6.07, 6.45) is -9.25. The molecule has 0 radical (unpaired) electrons. The van der Waals surface area contributed by atoms with Crippen molar-refractivity contribution in [1.29, 1.82) is 0 Å². The molecule has 3 heterocycles. The first kappa shape index (κ1) is 26.9. The number of Topliss-reactive ketones (excluding diaryl/α,β-unsaturated/α-hetero) is 1. The van der Waals surface area contributed by atoms with Crippen LogP contribution in [0.4, 0.5) is 31.1 Å². The maximum absolute atomic E-state index is 13.0. The number of rotatable bonds is 6. The molecule has 2 aliphatic rings. The van der Waals surface area contributed by atoms with Crippen molar-refractivity contribution in [2.24, 2.45) is 0 Å². The first-order valence-electron chi connectivity index (χ1n) is 11.5. The van der Waals surface area contributed by atoms with E-state index in [-0.39, 0.29) is 56.4 Å². The zero-order valence-electron chi connectivity index (χ0n) is 19.5. The van der Waals surface area contributed by atoms with Crippen LogP contribution < -0.4 is 0 Å². The summed E-state index contributed by atoms with van der Waals surface area (Å²) in [5, 5.41) is 13.7. The number of alkyl halides is 6. The molecule has 0 saturated carbocycles. The number of ketones is 1. The number of hydrogen-bond acceptors (Lipinski definition) is 6. The van der Waals surface area contributed by atoms with Gasteiger partial charge in [-0.25, -0.2) is 4.79 Å². The van der Waals surface area contributed by atoms with Gasteiger partial charge in [0.15, 0.2) is 5.78 Å². The lowest BCUT2D eigenvalue weighted by Crippen LogP contribution is -2.38. The van der Waals surface area contributed by atoms with Gasteiger partial charge >= 0.3 is 18.4 Å². The van der Waals surface area contributed by atoms with Crippen molar-refractivity contribution in [3.05, 3.63) is 52.3 Å². The Kier molecular flexibility index (Phi) is 7.51. The summed E-state index contributed by atoms with van der Waals surface area (Å²) in [4.78, 5) is 28.3. The second-order valence-electron chi connectivity index (χ2n) is 9.01. The lowest BCUT2D eigenvalue weighted by atomic mass is 10.1. The van der Waals surface area contributed by atoms with Crippen LogP contribution in [0.25, 0.3) is 0 Å². The molecule has 37 heavy (non-hydrogen) atoms. The molecule has 1 aromatic heterocycles. The first-order chi connectivity index (χ1) is 17.3. The van der Waals surface area contributed by atoms with E-state index in [2.05, 4.69) is 5.10 Å². The van der Waals surface area contributed by atoms with E-state index in [1.165, 1.54) is 11.0 Å². The zero-order valence-corrected chi connectivity index (χ0v) is 19.5. The van der Waals surface area contributed by atoms with E-state index in [0.29, 0.717) is 24.4 Å². The average Bonchev–Trinajstić information content (AvgIpc) is 3.47. The van der Waals surface area contributed by atoms with E-state index in [4.69, 9.17) is 4.74 Å². The molecule has 0 spiro atoms. The predicted octanol–water partition coefficient (Wildman–Crippen LogP) is 3.71. The summed E-state index contributed by atoms with van der Waals surface area (Å²) in [6.45, 7) is 0.317. The molecule has 1 fully saturated rings. The second-order valence-corrected chi connectivity index (χ2v) is 9.01. The fourth-order valence-corrected chi connectivity index (χ4v) is 4.47. The minimum absolute atomic E-state index is 0.00150. The van der Waals surface area contributed by atoms with Gasteiger partial charge < -0.3 is 14.7 Å². The number of aliphatic hydroxyl groups excluding tert-OH is 1. The first-order valence-corrected chi connectivity index (χ1v) is 11.5. The van der Waals surface area contributed by atoms with E-state index in [0.717, 1.165) is 12.8 Å². The van der Waals surface area contributed by atoms with Crippen LogP contribution in [0, 0.1) is 0 Å². The Morgan fingerprint density at radius 3 is 2.30 bits per heavy atom. The van der Waals surface area contributed by atoms with Crippen LogP contribution in [0.1, 0.15) is 45.7 Å². The van der Waals surface area contributed by atoms with Gasteiger partial charge in [-0.3, -0.25) is 14.4 Å². The SMILES string of the molecule is O=C(CN1CCCC1CO)c1cc2n(n1)CCN(C(=O)OCc1cc(C(F)(F)F)cc(C(F)(F)F)c1)C2. The molecule has 1 N–H and O–H groups in total. The summed E-state index contributed by atoms with van der Waals surface area (Å²) >= 11 is 0. The number of aromatic nitrogens is 2. The number of carbonyl (C=O) groups is 2. The number of benzene rings is 1. The van der Waals surface area contributed by atoms with Gasteiger partial charge in [-0.05, 0) is 49.2 Å². The molecular formula is C23H24F6N4O4. The molecule has 2 aromatic rings. The number of amides is 1. The Bertz CT molecular complexity index is 1130. The highest BCUT2D eigenvalue weighted by molar-refractivity contribution is 5.96. The third-order valence-corrected chi connectivity index (χ3v) is 6.41. The molecule has 4 rings (SSSR count). The maximum atomic E-state index is 13.0. The highest BCUT2D eigenvalue weighted by Crippen LogP contribution is 2.36. The van der Waals surface area contributed by atoms with E-state index in [1.807, 2.05) is 4.90 Å². The van der Waals surface area contributed by atoms with E-state index >= 15 is 0 Å². The number of ether oxygens (including phenoxy) is 1. The minimum atomic E-state index is -5.01. The van der Waals surface area contributed by atoms with Crippen LogP contribution in [-0.4, -0.2) is 68.8 Å². The third-order valence-electron chi connectivity index (χ3n) is 6.41. The summed E-state index contributed by atoms with van der Waals surface area (Å²) in [5.41, 5.74) is -2.70. The monoisotopic (exact) mass is 534 g/mol. The Labute approximate surface area is 207 Å². The number of aliphatic hydroxyl groups is 1. The van der Waals surface area contributed by atoms with Crippen molar-refractivity contribution in [3.8, 4) is 0 Å². The zero-order chi connectivity index (χ0) is 27.0. The van der Waals surface area contributed by atoms with Crippen LogP contribution in [-0.2, 0) is 36.8 Å². The van der Waals surface area contributed by atoms with Crippen molar-refractivity contribution in [2.45, 2.75) is 50.9 Å². The van der Waals surface area contributed by atoms with Crippen molar-refractivity contribution < 1.29 is 45.8 Å². The molecular weight excluding hydrogens is 510 g/mol. The summed E-state index contributed by atoms with van der Waals surface area (Å²) < 4.78 is 84.9. The number of carbonyl (C=O) groups excluding carboxylic acids is 2. The van der Waals surface area contributed by atoms with Crippen LogP contribution in [0.5, 0.6) is 0 Å². The number of halogens is 6. The van der Waals surface area contributed by atoms with Crippen molar-refractivity contribution in [1.82, 2.24) is 19.6 Å². The number of likely N-dealkylation sites (tertiary alicyclic amines) is 1. The van der Waals surface area contributed by atoms with Gasteiger partial charge in [-0.1, -0.05) is 0 Å². The van der Waals surface area contributed by atoms with Crippen LogP contribution in [0.3, 0.4) is 0 Å². The standard InChI is InChI=1S/C23H24F6N4O4/c24-22(25,26)15-6-14(7-16(8-15)23(27,28)29)13-37-21(36)32-4-5-33-18(10-32)9-19(30-33)20(35)11-31-3-1-2-17(31)12-34/h6-9,17,34H,1-5,10-13H2. The van der Waals surface area contributed by atoms with Crippen LogP contribution in [0.15, 0.2) is 24.3 Å². The fourth-order valence-electron chi connectivity index (χ4n) is 4.47. The Hall–Kier alpha value is -3.13. The van der Waals surface area contributed by atoms with Crippen molar-refractivity contribution >= 4 is 11.9 Å². The molecule has 2 aliphatic heterocycles. The number of hydrogen-bond donors (Lipinski definition) is 1. The average molecular weight is 534 g/mol. The Morgan fingerprint density at radius 1 is 1.00 bits per heavy atom. The Balaban J connectivity index is 1.39. The molecule has 1 atom stereocenters. The number of fused-ring (bicyclic) bond motifs is 1. The normalized spacial score (nSPS) is 18.7. The lowest BCUT2D eigenvalue weighted by Gasteiger charge is -2.27. The maximum Gasteiger partial charge on any atom is 0.416 e. The molecule has 14 heteroatoms. The largest absolute Gasteiger partial charge is 0.445 e. The van der Waals surface area contributed by atoms with Gasteiger partial charge in [0.05, 0.1) is 43.1 Å². The van der Waals surface area contributed by atoms with Gasteiger partial charge in [0.25, 0.3) is 0 Å². The summed E-state index contributed by atoms with van der Waals surface area (Å²) in [7, 11) is 0. The third kappa shape index (κ3) is 6.24. The summed E-state index contributed by atoms with van der Waals surface area (Å²) in [6, 6.07) is 2.48. The van der Waals surface area contributed by atoms with Crippen LogP contribution in [0.2, 0.25) is 0 Å². The van der Waals surface area contributed by atoms with E-state index in [9.17, 15) is 41.0 Å². The molecule has 202 valence electrons. The topological polar surface area (TPSA) is 87.9 Å². The van der Waals surface area contributed by atoms with Gasteiger partial charge in [0.1, 0.15) is 12.3 Å². The molecule has 8 nitrogen and oxygen atoms in total. The minimum Gasteiger partial charge on any atom is -0.445 e. The number of nitrogens with zero attached hydrogens (tertiary/aromatic N) is 4. The molecule has 1 amide bonds. The molecule has 0 aliphatic carbocycles. The van der Waals surface area contributed by atoms with Gasteiger partial charge in [0.2, 0.25) is 0 Å². The second kappa shape index (κ2) is 10.3. The molecule has 1 saturated heterocycles. The Morgan fingerprint density at radius 2 is 1.68 bits per heavy atom. The van der Waals surface area contributed by atoms with Gasteiger partial charge in [-0.15, -0.1) is 0 Å². The quantitative estimate of drug-likeness (QED) is 0.449. The van der Waals surface area contributed by atoms with Crippen molar-refractivity contribution in [2.75, 3.05) is 26.2 Å². The highest BCUT2D eigenvalue weighted by Gasteiger charge is 2.37. The molecule has 1 unspecified atom stereocenters. The van der Waals surface area contributed by atoms with Gasteiger partial charge in [-0.2, -0.15) is 31.4 Å². The smallest absolute Gasteiger partial charge is 0.416 e. The van der Waals surface area contributed by atoms with Crippen molar-refractivity contribution in [3.63, 3.8) is 0 Å². The lowest BCUT2D eigenvalue weighted by molar-refractivity contribution is -0.143. The fraction of sp³-hybridized carbons (Fsp3) is 0.522. The molecule has 1 aromatic carbocycles. The van der Waals surface area contributed by atoms with Gasteiger partial charge in [0, 0.05) is 12.6 Å². The van der Waals surface area contributed by atoms with Crippen LogP contribution >= 0.6 is 0 Å².